The van der Waals surface area contributed by atoms with E-state index in [1.54, 1.807) is 12.1 Å². The topological polar surface area (TPSA) is 64.3 Å². The Balaban J connectivity index is 1.73. The molecule has 126 valence electrons. The zero-order chi connectivity index (χ0) is 16.3. The van der Waals surface area contributed by atoms with Crippen molar-refractivity contribution < 1.29 is 13.9 Å². The minimum atomic E-state index is -0.699. The zero-order valence-corrected chi connectivity index (χ0v) is 13.4. The van der Waals surface area contributed by atoms with Gasteiger partial charge < -0.3 is 15.8 Å². The summed E-state index contributed by atoms with van der Waals surface area (Å²) in [6.45, 7) is 1.42. The smallest absolute Gasteiger partial charge is 0.319 e. The number of nitrogens with one attached hydrogen (secondary N) is 1. The summed E-state index contributed by atoms with van der Waals surface area (Å²) >= 11 is 0. The molecule has 2 fully saturated rings. The van der Waals surface area contributed by atoms with Gasteiger partial charge in [-0.3, -0.25) is 4.79 Å². The molecule has 1 aromatic carbocycles. The molecule has 23 heavy (non-hydrogen) atoms. The molecule has 3 N–H and O–H groups in total. The largest absolute Gasteiger partial charge is 0.460 e. The second kappa shape index (κ2) is 6.97. The maximum Gasteiger partial charge on any atom is 0.319 e. The van der Waals surface area contributed by atoms with Gasteiger partial charge in [-0.15, -0.1) is 0 Å². The van der Waals surface area contributed by atoms with Crippen molar-refractivity contribution in [1.29, 1.82) is 0 Å². The molecule has 1 aliphatic carbocycles. The first kappa shape index (κ1) is 16.4. The third kappa shape index (κ3) is 3.26. The van der Waals surface area contributed by atoms with Gasteiger partial charge in [0.2, 0.25) is 0 Å². The number of nitrogens with two attached hydrogens (primary N) is 1. The molecule has 0 amide bonds. The van der Waals surface area contributed by atoms with Crippen LogP contribution in [0, 0.1) is 11.7 Å². The summed E-state index contributed by atoms with van der Waals surface area (Å²) in [4.78, 5) is 12.8. The summed E-state index contributed by atoms with van der Waals surface area (Å²) in [6.07, 6.45) is 5.58. The van der Waals surface area contributed by atoms with Crippen LogP contribution in [0.1, 0.15) is 37.7 Å². The van der Waals surface area contributed by atoms with Crippen LogP contribution in [-0.2, 0) is 14.9 Å². The van der Waals surface area contributed by atoms with Gasteiger partial charge in [-0.2, -0.15) is 0 Å². The highest BCUT2D eigenvalue weighted by atomic mass is 19.1. The third-order valence-electron chi connectivity index (χ3n) is 5.31. The predicted octanol–water partition coefficient (Wildman–Crippen LogP) is 2.12. The molecule has 1 saturated heterocycles. The van der Waals surface area contributed by atoms with E-state index in [4.69, 9.17) is 10.5 Å². The minimum absolute atomic E-state index is 0.208. The molecule has 1 aromatic rings. The van der Waals surface area contributed by atoms with Crippen LogP contribution < -0.4 is 11.1 Å². The first-order chi connectivity index (χ1) is 11.2. The van der Waals surface area contributed by atoms with Crippen LogP contribution in [0.15, 0.2) is 24.3 Å². The molecule has 1 atom stereocenters. The Bertz CT molecular complexity index is 536. The van der Waals surface area contributed by atoms with Crippen molar-refractivity contribution >= 4 is 5.97 Å². The van der Waals surface area contributed by atoms with E-state index in [0.717, 1.165) is 18.4 Å². The molecule has 1 heterocycles. The number of carbonyl (C=O) groups excluding carboxylic acids is 1. The Morgan fingerprint density at radius 3 is 2.43 bits per heavy atom. The molecule has 2 aliphatic rings. The summed E-state index contributed by atoms with van der Waals surface area (Å²) < 4.78 is 19.0. The first-order valence-corrected chi connectivity index (χ1v) is 8.53. The number of hydrogen-bond donors (Lipinski definition) is 2. The highest BCUT2D eigenvalue weighted by molar-refractivity contribution is 5.85. The van der Waals surface area contributed by atoms with Crippen molar-refractivity contribution in [3.05, 3.63) is 35.6 Å². The molecular weight excluding hydrogens is 295 g/mol. The molecule has 0 unspecified atom stereocenters. The Morgan fingerprint density at radius 2 is 1.91 bits per heavy atom. The summed E-state index contributed by atoms with van der Waals surface area (Å²) in [7, 11) is 0. The van der Waals surface area contributed by atoms with Crippen LogP contribution in [-0.4, -0.2) is 31.7 Å². The van der Waals surface area contributed by atoms with E-state index in [-0.39, 0.29) is 17.9 Å². The maximum atomic E-state index is 13.2. The molecule has 0 spiro atoms. The number of rotatable bonds is 5. The van der Waals surface area contributed by atoms with Gasteiger partial charge in [-0.25, -0.2) is 4.39 Å². The van der Waals surface area contributed by atoms with Gasteiger partial charge in [0.05, 0.1) is 0 Å². The molecule has 4 nitrogen and oxygen atoms in total. The van der Waals surface area contributed by atoms with Crippen LogP contribution in [0.25, 0.3) is 0 Å². The Hall–Kier alpha value is -1.46. The van der Waals surface area contributed by atoms with E-state index in [9.17, 15) is 9.18 Å². The van der Waals surface area contributed by atoms with Gasteiger partial charge in [0, 0.05) is 19.6 Å². The second-order valence-electron chi connectivity index (χ2n) is 6.77. The van der Waals surface area contributed by atoms with Crippen LogP contribution in [0.2, 0.25) is 0 Å². The fourth-order valence-electron chi connectivity index (χ4n) is 3.70. The molecule has 5 heteroatoms. The maximum absolute atomic E-state index is 13.2. The molecule has 1 saturated carbocycles. The molecule has 3 rings (SSSR count). The number of benzene rings is 1. The molecule has 0 bridgehead atoms. The SMILES string of the molecule is NC[C@H](OC(=O)C1(c2ccc(F)cc2)CNC1)C1CCCCC1. The van der Waals surface area contributed by atoms with E-state index < -0.39 is 5.41 Å². The number of ether oxygens (including phenoxy) is 1. The van der Waals surface area contributed by atoms with Gasteiger partial charge in [-0.05, 0) is 36.5 Å². The third-order valence-corrected chi connectivity index (χ3v) is 5.31. The number of hydrogen-bond acceptors (Lipinski definition) is 4. The quantitative estimate of drug-likeness (QED) is 0.816. The van der Waals surface area contributed by atoms with Crippen LogP contribution in [0.3, 0.4) is 0 Å². The summed E-state index contributed by atoms with van der Waals surface area (Å²) in [5.41, 5.74) is 5.98. The molecule has 0 radical (unpaired) electrons. The molecule has 1 aliphatic heterocycles. The lowest BCUT2D eigenvalue weighted by atomic mass is 9.75. The average Bonchev–Trinajstić information content (AvgIpc) is 2.54. The molecular formula is C18H25FN2O2. The van der Waals surface area contributed by atoms with Crippen molar-refractivity contribution in [2.45, 2.75) is 43.6 Å². The fraction of sp³-hybridized carbons (Fsp3) is 0.611. The van der Waals surface area contributed by atoms with Crippen LogP contribution in [0.5, 0.6) is 0 Å². The Kier molecular flexibility index (Phi) is 4.97. The highest BCUT2D eigenvalue weighted by Crippen LogP contribution is 2.33. The lowest BCUT2D eigenvalue weighted by Crippen LogP contribution is -2.62. The van der Waals surface area contributed by atoms with E-state index in [2.05, 4.69) is 5.32 Å². The van der Waals surface area contributed by atoms with Gasteiger partial charge in [-0.1, -0.05) is 31.4 Å². The lowest BCUT2D eigenvalue weighted by Gasteiger charge is -2.42. The van der Waals surface area contributed by atoms with Crippen molar-refractivity contribution in [3.8, 4) is 0 Å². The van der Waals surface area contributed by atoms with Gasteiger partial charge in [0.15, 0.2) is 0 Å². The monoisotopic (exact) mass is 320 g/mol. The average molecular weight is 320 g/mol. The Labute approximate surface area is 136 Å². The van der Waals surface area contributed by atoms with Crippen molar-refractivity contribution in [2.24, 2.45) is 11.7 Å². The fourth-order valence-corrected chi connectivity index (χ4v) is 3.70. The summed E-state index contributed by atoms with van der Waals surface area (Å²) in [5, 5.41) is 3.14. The van der Waals surface area contributed by atoms with Crippen molar-refractivity contribution in [1.82, 2.24) is 5.32 Å². The molecule has 0 aromatic heterocycles. The van der Waals surface area contributed by atoms with E-state index >= 15 is 0 Å². The van der Waals surface area contributed by atoms with Gasteiger partial charge in [0.1, 0.15) is 17.3 Å². The van der Waals surface area contributed by atoms with Crippen LogP contribution >= 0.6 is 0 Å². The second-order valence-corrected chi connectivity index (χ2v) is 6.77. The number of carbonyl (C=O) groups is 1. The Morgan fingerprint density at radius 1 is 1.26 bits per heavy atom. The number of esters is 1. The normalized spacial score (nSPS) is 22.2. The minimum Gasteiger partial charge on any atom is -0.460 e. The van der Waals surface area contributed by atoms with Gasteiger partial charge >= 0.3 is 5.97 Å². The lowest BCUT2D eigenvalue weighted by molar-refractivity contribution is -0.161. The predicted molar refractivity (Wildman–Crippen MR) is 86.5 cm³/mol. The highest BCUT2D eigenvalue weighted by Gasteiger charge is 2.48. The van der Waals surface area contributed by atoms with E-state index in [0.29, 0.717) is 25.6 Å². The first-order valence-electron chi connectivity index (χ1n) is 8.53. The van der Waals surface area contributed by atoms with Gasteiger partial charge in [0.25, 0.3) is 0 Å². The van der Waals surface area contributed by atoms with E-state index in [1.807, 2.05) is 0 Å². The standard InChI is InChI=1S/C18H25FN2O2/c19-15-8-6-14(7-9-15)18(11-21-12-18)17(22)23-16(10-20)13-4-2-1-3-5-13/h6-9,13,16,21H,1-5,10-12,20H2/t16-/m0/s1. The summed E-state index contributed by atoms with van der Waals surface area (Å²) in [6, 6.07) is 6.14. The van der Waals surface area contributed by atoms with Crippen LogP contribution in [0.4, 0.5) is 4.39 Å². The van der Waals surface area contributed by atoms with E-state index in [1.165, 1.54) is 31.4 Å². The summed E-state index contributed by atoms with van der Waals surface area (Å²) in [5.74, 6) is -0.161. The zero-order valence-electron chi connectivity index (χ0n) is 13.4. The number of halogens is 1. The van der Waals surface area contributed by atoms with Crippen molar-refractivity contribution in [3.63, 3.8) is 0 Å². The van der Waals surface area contributed by atoms with Crippen molar-refractivity contribution in [2.75, 3.05) is 19.6 Å².